The van der Waals surface area contributed by atoms with E-state index in [0.717, 1.165) is 17.9 Å². The second kappa shape index (κ2) is 7.07. The van der Waals surface area contributed by atoms with Crippen molar-refractivity contribution in [1.82, 2.24) is 0 Å². The molecule has 0 saturated heterocycles. The largest absolute Gasteiger partial charge is 0.235 e. The fourth-order valence-corrected chi connectivity index (χ4v) is 4.44. The van der Waals surface area contributed by atoms with E-state index in [0.29, 0.717) is 5.41 Å². The van der Waals surface area contributed by atoms with Crippen LogP contribution in [0.1, 0.15) is 59.4 Å². The lowest BCUT2D eigenvalue weighted by Crippen LogP contribution is -2.34. The van der Waals surface area contributed by atoms with Crippen molar-refractivity contribution in [2.24, 2.45) is 26.7 Å². The van der Waals surface area contributed by atoms with Crippen molar-refractivity contribution in [2.45, 2.75) is 65.5 Å². The summed E-state index contributed by atoms with van der Waals surface area (Å²) in [4.78, 5) is 28.1. The summed E-state index contributed by atoms with van der Waals surface area (Å²) in [7, 11) is 0. The zero-order valence-electron chi connectivity index (χ0n) is 15.9. The topological polar surface area (TPSA) is 58.9 Å². The number of hydrogen-bond donors (Lipinski definition) is 0. The van der Waals surface area contributed by atoms with E-state index in [1.165, 1.54) is 12.8 Å². The Morgan fingerprint density at radius 1 is 1.08 bits per heavy atom. The highest BCUT2D eigenvalue weighted by atomic mass is 16.1. The van der Waals surface area contributed by atoms with Crippen LogP contribution in [-0.4, -0.2) is 18.2 Å². The lowest BCUT2D eigenvalue weighted by molar-refractivity contribution is 0.137. The Hall–Kier alpha value is -2.02. The van der Waals surface area contributed by atoms with Crippen LogP contribution in [0.3, 0.4) is 0 Å². The molecule has 0 aliphatic heterocycles. The zero-order valence-corrected chi connectivity index (χ0v) is 15.9. The van der Waals surface area contributed by atoms with E-state index in [2.05, 4.69) is 30.8 Å². The van der Waals surface area contributed by atoms with Crippen molar-refractivity contribution in [2.75, 3.05) is 0 Å². The van der Waals surface area contributed by atoms with Crippen LogP contribution >= 0.6 is 0 Å². The third-order valence-electron chi connectivity index (χ3n) is 6.76. The summed E-state index contributed by atoms with van der Waals surface area (Å²) in [6, 6.07) is 9.92. The molecular formula is C21H28N2O2. The first-order chi connectivity index (χ1) is 11.7. The molecule has 3 atom stereocenters. The number of aliphatic imine (C=N–C) groups is 2. The Kier molecular flexibility index (Phi) is 5.46. The Bertz CT molecular complexity index is 698. The Balaban J connectivity index is 0.000000181. The van der Waals surface area contributed by atoms with E-state index >= 15 is 0 Å². The first-order valence-electron chi connectivity index (χ1n) is 8.90. The summed E-state index contributed by atoms with van der Waals surface area (Å²) in [6.45, 7) is 10.7. The van der Waals surface area contributed by atoms with Crippen molar-refractivity contribution in [1.29, 1.82) is 0 Å². The van der Waals surface area contributed by atoms with Gasteiger partial charge < -0.3 is 0 Å². The number of rotatable bonds is 3. The van der Waals surface area contributed by atoms with Crippen LogP contribution in [0.4, 0.5) is 0 Å². The highest BCUT2D eigenvalue weighted by Gasteiger charge is 2.61. The van der Waals surface area contributed by atoms with Gasteiger partial charge in [-0.15, -0.1) is 0 Å². The van der Waals surface area contributed by atoms with Gasteiger partial charge in [-0.25, -0.2) is 14.6 Å². The first-order valence-corrected chi connectivity index (χ1v) is 8.90. The molecule has 0 N–H and O–H groups in total. The van der Waals surface area contributed by atoms with Crippen LogP contribution in [-0.2, 0) is 15.1 Å². The molecular weight excluding hydrogens is 312 g/mol. The summed E-state index contributed by atoms with van der Waals surface area (Å²) < 4.78 is 0. The minimum absolute atomic E-state index is 0.235. The normalized spacial score (nSPS) is 29.0. The van der Waals surface area contributed by atoms with Crippen LogP contribution in [0.25, 0.3) is 0 Å². The maximum absolute atomic E-state index is 10.3. The molecule has 134 valence electrons. The molecule has 0 amide bonds. The van der Waals surface area contributed by atoms with Gasteiger partial charge in [0.1, 0.15) is 0 Å². The lowest BCUT2D eigenvalue weighted by atomic mass is 9.69. The summed E-state index contributed by atoms with van der Waals surface area (Å²) >= 11 is 0. The molecule has 2 aliphatic rings. The zero-order chi connectivity index (χ0) is 18.7. The number of benzene rings is 1. The molecule has 1 aromatic carbocycles. The molecule has 0 heterocycles. The van der Waals surface area contributed by atoms with Gasteiger partial charge in [0.2, 0.25) is 12.2 Å². The van der Waals surface area contributed by atoms with Gasteiger partial charge in [-0.3, -0.25) is 0 Å². The van der Waals surface area contributed by atoms with Crippen molar-refractivity contribution in [3.63, 3.8) is 0 Å². The van der Waals surface area contributed by atoms with E-state index in [1.807, 2.05) is 44.2 Å². The van der Waals surface area contributed by atoms with Crippen molar-refractivity contribution < 1.29 is 9.59 Å². The van der Waals surface area contributed by atoms with Gasteiger partial charge in [0.05, 0.1) is 11.6 Å². The standard InChI is InChI=1S/C11H17NO.C10H11NO/c1-10(2)8-4-5-11(10,3)9(6-8)12-7-13;1-10(2,11-8-12)9-6-4-3-5-7-9/h8-9H,4-6H2,1-3H3;3-7H,1-2H3/t8-,9+,11+;/m1./s1. The SMILES string of the molecule is CC(C)(N=C=O)c1ccccc1.CC1(C)[C@@H]2CC[C@@]1(C)[C@@H](N=C=O)C2. The van der Waals surface area contributed by atoms with Gasteiger partial charge in [0, 0.05) is 0 Å². The highest BCUT2D eigenvalue weighted by molar-refractivity contribution is 5.37. The number of isocyanates is 2. The third-order valence-corrected chi connectivity index (χ3v) is 6.76. The quantitative estimate of drug-likeness (QED) is 0.586. The Morgan fingerprint density at radius 2 is 1.72 bits per heavy atom. The second-order valence-corrected chi connectivity index (χ2v) is 8.47. The molecule has 0 radical (unpaired) electrons. The molecule has 4 nitrogen and oxygen atoms in total. The van der Waals surface area contributed by atoms with Crippen LogP contribution in [0.2, 0.25) is 0 Å². The molecule has 2 aliphatic carbocycles. The van der Waals surface area contributed by atoms with Crippen LogP contribution in [0.15, 0.2) is 40.3 Å². The van der Waals surface area contributed by atoms with Gasteiger partial charge in [-0.05, 0) is 55.4 Å². The van der Waals surface area contributed by atoms with E-state index in [-0.39, 0.29) is 11.5 Å². The summed E-state index contributed by atoms with van der Waals surface area (Å²) in [5.74, 6) is 0.764. The van der Waals surface area contributed by atoms with Crippen LogP contribution < -0.4 is 0 Å². The van der Waals surface area contributed by atoms with Gasteiger partial charge in [-0.1, -0.05) is 51.1 Å². The number of hydrogen-bond acceptors (Lipinski definition) is 4. The molecule has 25 heavy (non-hydrogen) atoms. The molecule has 2 bridgehead atoms. The average molecular weight is 340 g/mol. The summed E-state index contributed by atoms with van der Waals surface area (Å²) in [5.41, 5.74) is 1.17. The molecule has 0 aromatic heterocycles. The van der Waals surface area contributed by atoms with Gasteiger partial charge in [0.15, 0.2) is 0 Å². The fourth-order valence-electron chi connectivity index (χ4n) is 4.44. The second-order valence-electron chi connectivity index (χ2n) is 8.47. The predicted molar refractivity (Wildman–Crippen MR) is 98.7 cm³/mol. The van der Waals surface area contributed by atoms with Crippen LogP contribution in [0, 0.1) is 16.7 Å². The average Bonchev–Trinajstić information content (AvgIpc) is 2.90. The number of nitrogens with zero attached hydrogens (tertiary/aromatic N) is 2. The first kappa shape index (κ1) is 19.3. The molecule has 0 spiro atoms. The Labute approximate surface area is 150 Å². The smallest absolute Gasteiger partial charge is 0.211 e. The molecule has 3 rings (SSSR count). The minimum atomic E-state index is -0.455. The molecule has 2 saturated carbocycles. The third kappa shape index (κ3) is 3.51. The van der Waals surface area contributed by atoms with E-state index < -0.39 is 5.54 Å². The maximum Gasteiger partial charge on any atom is 0.235 e. The molecule has 0 unspecified atom stereocenters. The molecule has 4 heteroatoms. The molecule has 1 aromatic rings. The summed E-state index contributed by atoms with van der Waals surface area (Å²) in [6.07, 6.45) is 6.95. The Morgan fingerprint density at radius 3 is 2.16 bits per heavy atom. The van der Waals surface area contributed by atoms with E-state index in [9.17, 15) is 9.59 Å². The number of carbonyl (C=O) groups excluding carboxylic acids is 2. The van der Waals surface area contributed by atoms with Gasteiger partial charge in [-0.2, -0.15) is 4.99 Å². The summed E-state index contributed by atoms with van der Waals surface area (Å²) in [5, 5.41) is 0. The number of fused-ring (bicyclic) bond motifs is 2. The molecule has 2 fully saturated rings. The van der Waals surface area contributed by atoms with Crippen molar-refractivity contribution in [3.8, 4) is 0 Å². The minimum Gasteiger partial charge on any atom is -0.211 e. The maximum atomic E-state index is 10.3. The van der Waals surface area contributed by atoms with E-state index in [4.69, 9.17) is 0 Å². The van der Waals surface area contributed by atoms with Gasteiger partial charge >= 0.3 is 0 Å². The predicted octanol–water partition coefficient (Wildman–Crippen LogP) is 4.79. The monoisotopic (exact) mass is 340 g/mol. The lowest BCUT2D eigenvalue weighted by Gasteiger charge is -2.36. The fraction of sp³-hybridized carbons (Fsp3) is 0.619. The van der Waals surface area contributed by atoms with Crippen molar-refractivity contribution >= 4 is 12.2 Å². The van der Waals surface area contributed by atoms with Gasteiger partial charge in [0.25, 0.3) is 0 Å². The van der Waals surface area contributed by atoms with Crippen molar-refractivity contribution in [3.05, 3.63) is 35.9 Å². The van der Waals surface area contributed by atoms with Crippen LogP contribution in [0.5, 0.6) is 0 Å². The highest BCUT2D eigenvalue weighted by Crippen LogP contribution is 2.66. The van der Waals surface area contributed by atoms with E-state index in [1.54, 1.807) is 12.2 Å².